The maximum atomic E-state index is 14.4. The van der Waals surface area contributed by atoms with E-state index < -0.39 is 29.3 Å². The molecule has 4 rings (SSSR count). The van der Waals surface area contributed by atoms with Crippen molar-refractivity contribution < 1.29 is 27.5 Å². The predicted molar refractivity (Wildman–Crippen MR) is 135 cm³/mol. The summed E-state index contributed by atoms with van der Waals surface area (Å²) in [6.45, 7) is 5.41. The summed E-state index contributed by atoms with van der Waals surface area (Å²) >= 11 is 0. The quantitative estimate of drug-likeness (QED) is 0.248. The maximum absolute atomic E-state index is 14.4. The van der Waals surface area contributed by atoms with Gasteiger partial charge in [-0.15, -0.1) is 0 Å². The van der Waals surface area contributed by atoms with Crippen molar-refractivity contribution in [1.29, 1.82) is 0 Å². The second kappa shape index (κ2) is 11.5. The van der Waals surface area contributed by atoms with Gasteiger partial charge in [0.05, 0.1) is 12.0 Å². The van der Waals surface area contributed by atoms with Crippen LogP contribution >= 0.6 is 0 Å². The Labute approximate surface area is 214 Å². The lowest BCUT2D eigenvalue weighted by Gasteiger charge is -2.36. The third-order valence-corrected chi connectivity index (χ3v) is 7.02. The first-order chi connectivity index (χ1) is 17.7. The molecule has 0 aromatic heterocycles. The van der Waals surface area contributed by atoms with Gasteiger partial charge in [-0.05, 0) is 96.4 Å². The van der Waals surface area contributed by atoms with Crippen molar-refractivity contribution in [3.8, 4) is 11.1 Å². The fraction of sp³-hybridized carbons (Fsp3) is 0.367. The molecule has 1 aliphatic rings. The molecule has 1 fully saturated rings. The van der Waals surface area contributed by atoms with Gasteiger partial charge in [-0.2, -0.15) is 0 Å². The fourth-order valence-electron chi connectivity index (χ4n) is 5.25. The van der Waals surface area contributed by atoms with Gasteiger partial charge in [-0.1, -0.05) is 44.5 Å². The number of hydrogen-bond donors (Lipinski definition) is 1. The van der Waals surface area contributed by atoms with Crippen LogP contribution in [0.3, 0.4) is 0 Å². The number of nitrogens with zero attached hydrogens (tertiary/aromatic N) is 1. The van der Waals surface area contributed by atoms with Crippen molar-refractivity contribution in [2.24, 2.45) is 5.92 Å². The zero-order chi connectivity index (χ0) is 26.7. The van der Waals surface area contributed by atoms with Gasteiger partial charge in [-0.25, -0.2) is 17.6 Å². The van der Waals surface area contributed by atoms with Gasteiger partial charge in [-0.3, -0.25) is 9.69 Å². The van der Waals surface area contributed by atoms with Gasteiger partial charge in [0.15, 0.2) is 17.5 Å². The normalized spacial score (nSPS) is 16.1. The van der Waals surface area contributed by atoms with Crippen LogP contribution in [0, 0.1) is 29.2 Å². The van der Waals surface area contributed by atoms with Crippen molar-refractivity contribution in [3.05, 3.63) is 94.6 Å². The lowest BCUT2D eigenvalue weighted by molar-refractivity contribution is -0.139. The highest BCUT2D eigenvalue weighted by Gasteiger charge is 2.29. The molecule has 0 saturated carbocycles. The van der Waals surface area contributed by atoms with E-state index in [4.69, 9.17) is 0 Å². The van der Waals surface area contributed by atoms with Crippen LogP contribution in [0.4, 0.5) is 17.6 Å². The minimum Gasteiger partial charge on any atom is -0.481 e. The second-order valence-corrected chi connectivity index (χ2v) is 10.2. The van der Waals surface area contributed by atoms with Gasteiger partial charge < -0.3 is 5.11 Å². The van der Waals surface area contributed by atoms with Crippen LogP contribution in [-0.4, -0.2) is 29.1 Å². The number of aliphatic carboxylic acids is 1. The lowest BCUT2D eigenvalue weighted by Crippen LogP contribution is -2.34. The van der Waals surface area contributed by atoms with Gasteiger partial charge in [0, 0.05) is 0 Å². The first-order valence-electron chi connectivity index (χ1n) is 12.7. The summed E-state index contributed by atoms with van der Waals surface area (Å²) in [5, 5.41) is 9.93. The highest BCUT2D eigenvalue weighted by Crippen LogP contribution is 2.40. The average molecular weight is 514 g/mol. The molecule has 196 valence electrons. The summed E-state index contributed by atoms with van der Waals surface area (Å²) in [6, 6.07) is 12.8. The summed E-state index contributed by atoms with van der Waals surface area (Å²) < 4.78 is 56.4. The zero-order valence-corrected chi connectivity index (χ0v) is 21.0. The van der Waals surface area contributed by atoms with Crippen molar-refractivity contribution in [1.82, 2.24) is 4.90 Å². The van der Waals surface area contributed by atoms with E-state index >= 15 is 0 Å². The molecule has 1 aliphatic heterocycles. The molecule has 0 aliphatic carbocycles. The molecule has 37 heavy (non-hydrogen) atoms. The van der Waals surface area contributed by atoms with Crippen LogP contribution in [0.15, 0.2) is 54.6 Å². The number of benzene rings is 3. The van der Waals surface area contributed by atoms with E-state index in [1.54, 1.807) is 30.3 Å². The van der Waals surface area contributed by atoms with Crippen LogP contribution in [0.2, 0.25) is 0 Å². The fourth-order valence-corrected chi connectivity index (χ4v) is 5.25. The van der Waals surface area contributed by atoms with E-state index in [0.29, 0.717) is 23.1 Å². The van der Waals surface area contributed by atoms with Gasteiger partial charge >= 0.3 is 5.97 Å². The monoisotopic (exact) mass is 513 g/mol. The highest BCUT2D eigenvalue weighted by atomic mass is 19.2. The van der Waals surface area contributed by atoms with Crippen molar-refractivity contribution in [3.63, 3.8) is 0 Å². The molecule has 1 heterocycles. The Bertz CT molecular complexity index is 1230. The molecule has 3 nitrogen and oxygen atoms in total. The molecule has 0 amide bonds. The van der Waals surface area contributed by atoms with Crippen LogP contribution < -0.4 is 0 Å². The lowest BCUT2D eigenvalue weighted by atomic mass is 9.84. The number of halogens is 4. The third kappa shape index (κ3) is 6.04. The smallest absolute Gasteiger partial charge is 0.310 e. The van der Waals surface area contributed by atoms with Gasteiger partial charge in [0.1, 0.15) is 5.82 Å². The molecule has 7 heteroatoms. The summed E-state index contributed by atoms with van der Waals surface area (Å²) in [5.41, 5.74) is 2.53. The Morgan fingerprint density at radius 2 is 1.46 bits per heavy atom. The number of hydrogen-bond acceptors (Lipinski definition) is 2. The minimum atomic E-state index is -1.56. The second-order valence-electron chi connectivity index (χ2n) is 10.2. The molecule has 2 atom stereocenters. The first-order valence-corrected chi connectivity index (χ1v) is 12.7. The first kappa shape index (κ1) is 26.9. The number of carboxylic acids is 1. The van der Waals surface area contributed by atoms with E-state index in [1.165, 1.54) is 12.1 Å². The van der Waals surface area contributed by atoms with E-state index in [1.807, 2.05) is 13.8 Å². The molecule has 0 spiro atoms. The molecule has 0 radical (unpaired) electrons. The Morgan fingerprint density at radius 3 is 2.03 bits per heavy atom. The molecular formula is C30H31F4NO2. The van der Waals surface area contributed by atoms with Crippen LogP contribution in [0.1, 0.15) is 68.2 Å². The largest absolute Gasteiger partial charge is 0.481 e. The molecular weight excluding hydrogens is 482 g/mol. The summed E-state index contributed by atoms with van der Waals surface area (Å²) in [4.78, 5) is 14.4. The molecule has 1 saturated heterocycles. The predicted octanol–water partition coefficient (Wildman–Crippen LogP) is 7.70. The summed E-state index contributed by atoms with van der Waals surface area (Å²) in [5.74, 6) is -6.28. The highest BCUT2D eigenvalue weighted by molar-refractivity contribution is 5.78. The zero-order valence-electron chi connectivity index (χ0n) is 21.0. The van der Waals surface area contributed by atoms with Crippen LogP contribution in [0.5, 0.6) is 0 Å². The molecule has 3 aromatic carbocycles. The number of carboxylic acid groups (broad SMARTS) is 1. The van der Waals surface area contributed by atoms with Crippen molar-refractivity contribution in [2.45, 2.75) is 51.5 Å². The van der Waals surface area contributed by atoms with Crippen molar-refractivity contribution in [2.75, 3.05) is 13.1 Å². The Balaban J connectivity index is 1.95. The summed E-state index contributed by atoms with van der Waals surface area (Å²) in [6.07, 6.45) is 3.41. The van der Waals surface area contributed by atoms with Gasteiger partial charge in [0.2, 0.25) is 0 Å². The molecule has 0 unspecified atom stereocenters. The molecule has 1 N–H and O–H groups in total. The number of likely N-dealkylation sites (tertiary alicyclic amines) is 1. The number of rotatable bonds is 8. The van der Waals surface area contributed by atoms with E-state index in [9.17, 15) is 27.5 Å². The van der Waals surface area contributed by atoms with Crippen LogP contribution in [0.25, 0.3) is 11.1 Å². The Morgan fingerprint density at radius 1 is 0.865 bits per heavy atom. The van der Waals surface area contributed by atoms with Gasteiger partial charge in [0.25, 0.3) is 0 Å². The van der Waals surface area contributed by atoms with Crippen LogP contribution in [-0.2, 0) is 4.79 Å². The topological polar surface area (TPSA) is 40.5 Å². The molecule has 3 aromatic rings. The number of carbonyl (C=O) groups is 1. The van der Waals surface area contributed by atoms with E-state index in [-0.39, 0.29) is 23.3 Å². The van der Waals surface area contributed by atoms with Crippen molar-refractivity contribution >= 4 is 5.97 Å². The standard InChI is InChI=1S/C30H31F4NO2/c1-18(2)14-25(30(36)37)20-8-11-23(24(15-20)21-16-26(32)28(34)27(33)17-21)29(35-12-4-3-5-13-35)19-6-9-22(31)10-7-19/h6-11,15-18,25,29H,3-5,12-14H2,1-2H3,(H,36,37)/t25-,29+/m1/s1. The molecule has 0 bridgehead atoms. The third-order valence-electron chi connectivity index (χ3n) is 7.02. The minimum absolute atomic E-state index is 0.102. The SMILES string of the molecule is CC(C)C[C@@H](C(=O)O)c1ccc([C@H](c2ccc(F)cc2)N2CCCCC2)c(-c2cc(F)c(F)c(F)c2)c1. The Kier molecular flexibility index (Phi) is 8.32. The summed E-state index contributed by atoms with van der Waals surface area (Å²) in [7, 11) is 0. The number of piperidine rings is 1. The maximum Gasteiger partial charge on any atom is 0.310 e. The Hall–Kier alpha value is -3.19. The average Bonchev–Trinajstić information content (AvgIpc) is 2.87. The van der Waals surface area contributed by atoms with E-state index in [0.717, 1.165) is 50.0 Å². The van der Waals surface area contributed by atoms with E-state index in [2.05, 4.69) is 4.90 Å².